The van der Waals surface area contributed by atoms with Crippen LogP contribution in [0.2, 0.25) is 0 Å². The van der Waals surface area contributed by atoms with Crippen LogP contribution in [0.1, 0.15) is 11.1 Å². The zero-order chi connectivity index (χ0) is 15.8. The Morgan fingerprint density at radius 3 is 2.71 bits per heavy atom. The zero-order valence-corrected chi connectivity index (χ0v) is 11.4. The Kier molecular flexibility index (Phi) is 5.79. The van der Waals surface area contributed by atoms with Gasteiger partial charge in [-0.05, 0) is 52.1 Å². The van der Waals surface area contributed by atoms with Crippen LogP contribution in [-0.4, -0.2) is 19.0 Å². The number of hydrogen-bond donors (Lipinski definition) is 0. The highest BCUT2D eigenvalue weighted by molar-refractivity contribution is 5.99. The molecule has 0 saturated heterocycles. The van der Waals surface area contributed by atoms with Crippen LogP contribution in [0.15, 0.2) is 40.1 Å². The van der Waals surface area contributed by atoms with Crippen molar-refractivity contribution in [3.8, 4) is 0 Å². The number of hydrogen-bond acceptors (Lipinski definition) is 5. The van der Waals surface area contributed by atoms with E-state index in [0.717, 1.165) is 11.6 Å². The number of amides is 1. The van der Waals surface area contributed by atoms with Crippen LogP contribution in [0.25, 0.3) is 10.4 Å². The fraction of sp³-hybridized carbons (Fsp3) is 0.231. The van der Waals surface area contributed by atoms with E-state index in [9.17, 15) is 14.5 Å². The number of azide groups is 1. The van der Waals surface area contributed by atoms with Crippen molar-refractivity contribution in [2.45, 2.75) is 13.3 Å². The normalized spacial score (nSPS) is 10.5. The number of carbonyl (C=O) groups excluding carboxylic acids is 2. The molecule has 1 aromatic carbocycles. The van der Waals surface area contributed by atoms with Crippen molar-refractivity contribution in [3.05, 3.63) is 56.3 Å². The molecule has 0 saturated carbocycles. The Balaban J connectivity index is 3.18. The summed E-state index contributed by atoms with van der Waals surface area (Å²) in [5, 5.41) is 5.68. The van der Waals surface area contributed by atoms with Crippen molar-refractivity contribution in [1.82, 2.24) is 0 Å². The maximum atomic E-state index is 11.7. The van der Waals surface area contributed by atoms with Gasteiger partial charge in [-0.1, -0.05) is 6.07 Å². The molecule has 8 nitrogen and oxygen atoms in total. The van der Waals surface area contributed by atoms with Gasteiger partial charge in [-0.15, -0.1) is 4.91 Å². The lowest BCUT2D eigenvalue weighted by molar-refractivity contribution is -0.136. The molecule has 21 heavy (non-hydrogen) atoms. The van der Waals surface area contributed by atoms with Crippen molar-refractivity contribution in [3.63, 3.8) is 0 Å². The first-order valence-corrected chi connectivity index (χ1v) is 5.82. The lowest BCUT2D eigenvalue weighted by Gasteiger charge is -2.08. The number of methoxy groups -OCH3 is 1. The van der Waals surface area contributed by atoms with Crippen molar-refractivity contribution in [2.75, 3.05) is 7.11 Å². The smallest absolute Gasteiger partial charge is 0.334 e. The molecule has 1 rings (SSSR count). The summed E-state index contributed by atoms with van der Waals surface area (Å²) in [5.74, 6) is -1.62. The van der Waals surface area contributed by atoms with Crippen LogP contribution in [0.5, 0.6) is 0 Å². The van der Waals surface area contributed by atoms with Gasteiger partial charge < -0.3 is 4.74 Å². The van der Waals surface area contributed by atoms with Gasteiger partial charge in [0.05, 0.1) is 7.11 Å². The average molecular weight is 288 g/mol. The van der Waals surface area contributed by atoms with Gasteiger partial charge in [0.2, 0.25) is 5.91 Å². The molecule has 0 spiro atoms. The molecule has 0 unspecified atom stereocenters. The molecule has 0 fully saturated rings. The second-order valence-electron chi connectivity index (χ2n) is 4.07. The molecule has 1 aromatic rings. The molecule has 0 aliphatic rings. The summed E-state index contributed by atoms with van der Waals surface area (Å²) in [7, 11) is 1.17. The van der Waals surface area contributed by atoms with E-state index < -0.39 is 11.9 Å². The summed E-state index contributed by atoms with van der Waals surface area (Å²) < 4.78 is 4.58. The molecule has 0 heterocycles. The van der Waals surface area contributed by atoms with Gasteiger partial charge in [-0.25, -0.2) is 4.79 Å². The fourth-order valence-corrected chi connectivity index (χ4v) is 1.65. The molecule has 108 valence electrons. The number of nitrogens with zero attached hydrogens (tertiary/aromatic N) is 4. The molecule has 0 aliphatic heterocycles. The maximum absolute atomic E-state index is 11.7. The third-order valence-corrected chi connectivity index (χ3v) is 2.71. The predicted octanol–water partition coefficient (Wildman–Crippen LogP) is 2.87. The standard InChI is InChI=1S/C13H12N4O4/c1-8-3-4-11(16-20)6-9(8)5-10(13(19)21-2)7-12(18)15-17-14/h3-4,6-7H,5H2,1-2H3/b10-7+. The maximum Gasteiger partial charge on any atom is 0.334 e. The molecule has 0 aliphatic carbocycles. The number of carbonyl (C=O) groups is 2. The minimum atomic E-state index is -0.903. The summed E-state index contributed by atoms with van der Waals surface area (Å²) in [4.78, 5) is 35.8. The molecule has 1 amide bonds. The summed E-state index contributed by atoms with van der Waals surface area (Å²) >= 11 is 0. The lowest BCUT2D eigenvalue weighted by atomic mass is 9.99. The molecule has 0 bridgehead atoms. The number of nitroso groups, excluding NO2 is 1. The monoisotopic (exact) mass is 288 g/mol. The van der Waals surface area contributed by atoms with Gasteiger partial charge in [0.25, 0.3) is 0 Å². The summed E-state index contributed by atoms with van der Waals surface area (Å²) in [6, 6.07) is 4.73. The first-order valence-electron chi connectivity index (χ1n) is 5.82. The summed E-state index contributed by atoms with van der Waals surface area (Å²) in [6.07, 6.45) is 0.959. The first kappa shape index (κ1) is 16.1. The van der Waals surface area contributed by atoms with Gasteiger partial charge in [0.15, 0.2) is 0 Å². The Morgan fingerprint density at radius 2 is 2.14 bits per heavy atom. The second-order valence-corrected chi connectivity index (χ2v) is 4.07. The Hall–Kier alpha value is -2.99. The van der Waals surface area contributed by atoms with E-state index in [0.29, 0.717) is 5.56 Å². The summed E-state index contributed by atoms with van der Waals surface area (Å²) in [6.45, 7) is 1.79. The minimum Gasteiger partial charge on any atom is -0.466 e. The molecule has 0 radical (unpaired) electrons. The lowest BCUT2D eigenvalue weighted by Crippen LogP contribution is -2.10. The number of rotatable bonds is 5. The molecule has 8 heteroatoms. The third kappa shape index (κ3) is 4.55. The molecular weight excluding hydrogens is 276 g/mol. The Labute approximate surface area is 120 Å². The number of benzene rings is 1. The van der Waals surface area contributed by atoms with Gasteiger partial charge in [-0.2, -0.15) is 0 Å². The SMILES string of the molecule is COC(=O)/C(=C/C(=O)N=[N+]=[N-])Cc1cc(N=O)ccc1C. The van der Waals surface area contributed by atoms with Crippen LogP contribution in [0.4, 0.5) is 5.69 Å². The number of ether oxygens (including phenoxy) is 1. The van der Waals surface area contributed by atoms with Crippen LogP contribution >= 0.6 is 0 Å². The van der Waals surface area contributed by atoms with E-state index in [1.807, 2.05) is 0 Å². The van der Waals surface area contributed by atoms with Crippen LogP contribution in [0.3, 0.4) is 0 Å². The number of esters is 1. The van der Waals surface area contributed by atoms with Crippen molar-refractivity contribution in [2.24, 2.45) is 10.3 Å². The van der Waals surface area contributed by atoms with Gasteiger partial charge in [0.1, 0.15) is 5.69 Å². The van der Waals surface area contributed by atoms with Gasteiger partial charge in [-0.3, -0.25) is 4.79 Å². The average Bonchev–Trinajstić information content (AvgIpc) is 2.48. The van der Waals surface area contributed by atoms with Crippen LogP contribution in [0, 0.1) is 11.8 Å². The van der Waals surface area contributed by atoms with Crippen LogP contribution < -0.4 is 0 Å². The highest BCUT2D eigenvalue weighted by Gasteiger charge is 2.14. The largest absolute Gasteiger partial charge is 0.466 e. The quantitative estimate of drug-likeness (QED) is 0.206. The van der Waals surface area contributed by atoms with E-state index in [1.54, 1.807) is 19.1 Å². The number of aryl methyl sites for hydroxylation is 1. The highest BCUT2D eigenvalue weighted by atomic mass is 16.5. The van der Waals surface area contributed by atoms with Gasteiger partial charge in [0, 0.05) is 16.9 Å². The van der Waals surface area contributed by atoms with E-state index in [1.165, 1.54) is 13.2 Å². The topological polar surface area (TPSA) is 122 Å². The Morgan fingerprint density at radius 1 is 1.43 bits per heavy atom. The zero-order valence-electron chi connectivity index (χ0n) is 11.4. The molecule has 0 atom stereocenters. The summed E-state index contributed by atoms with van der Waals surface area (Å²) in [5.41, 5.74) is 9.87. The Bertz CT molecular complexity index is 660. The van der Waals surface area contributed by atoms with Crippen molar-refractivity contribution < 1.29 is 14.3 Å². The van der Waals surface area contributed by atoms with E-state index in [-0.39, 0.29) is 17.7 Å². The van der Waals surface area contributed by atoms with Crippen molar-refractivity contribution >= 4 is 17.6 Å². The van der Waals surface area contributed by atoms with Crippen LogP contribution in [-0.2, 0) is 20.7 Å². The van der Waals surface area contributed by atoms with E-state index in [4.69, 9.17) is 5.53 Å². The second kappa shape index (κ2) is 7.56. The molecule has 0 N–H and O–H groups in total. The highest BCUT2D eigenvalue weighted by Crippen LogP contribution is 2.21. The minimum absolute atomic E-state index is 0.0149. The van der Waals surface area contributed by atoms with Gasteiger partial charge >= 0.3 is 5.97 Å². The van der Waals surface area contributed by atoms with Crippen molar-refractivity contribution in [1.29, 1.82) is 0 Å². The fourth-order valence-electron chi connectivity index (χ4n) is 1.65. The first-order chi connectivity index (χ1) is 10.0. The molecular formula is C13H12N4O4. The van der Waals surface area contributed by atoms with E-state index in [2.05, 4.69) is 19.9 Å². The van der Waals surface area contributed by atoms with E-state index >= 15 is 0 Å². The molecule has 0 aromatic heterocycles. The predicted molar refractivity (Wildman–Crippen MR) is 74.6 cm³/mol. The third-order valence-electron chi connectivity index (χ3n) is 2.71.